The van der Waals surface area contributed by atoms with Gasteiger partial charge in [0, 0.05) is 11.8 Å². The number of hydrogen-bond acceptors (Lipinski definition) is 3. The van der Waals surface area contributed by atoms with Crippen molar-refractivity contribution in [1.29, 1.82) is 5.26 Å². The quantitative estimate of drug-likeness (QED) is 0.849. The van der Waals surface area contributed by atoms with E-state index in [1.807, 2.05) is 0 Å². The van der Waals surface area contributed by atoms with E-state index in [-0.39, 0.29) is 5.56 Å². The Morgan fingerprint density at radius 1 is 1.29 bits per heavy atom. The third kappa shape index (κ3) is 2.13. The molecule has 4 heteroatoms. The monoisotopic (exact) mass is 224 g/mol. The van der Waals surface area contributed by atoms with Crippen molar-refractivity contribution in [1.82, 2.24) is 4.98 Å². The predicted octanol–water partition coefficient (Wildman–Crippen LogP) is 2.32. The van der Waals surface area contributed by atoms with Gasteiger partial charge in [0.2, 0.25) is 0 Å². The number of carbonyl (C=O) groups is 1. The zero-order valence-corrected chi connectivity index (χ0v) is 8.79. The summed E-state index contributed by atoms with van der Waals surface area (Å²) >= 11 is 0. The Kier molecular flexibility index (Phi) is 2.84. The molecule has 0 aliphatic heterocycles. The lowest BCUT2D eigenvalue weighted by molar-refractivity contribution is 0.0697. The lowest BCUT2D eigenvalue weighted by Gasteiger charge is -2.03. The number of nitrogens with zero attached hydrogens (tertiary/aromatic N) is 2. The molecule has 1 aromatic carbocycles. The van der Waals surface area contributed by atoms with Crippen molar-refractivity contribution >= 4 is 5.97 Å². The molecule has 0 spiro atoms. The maximum absolute atomic E-state index is 10.8. The molecule has 1 aromatic heterocycles. The minimum absolute atomic E-state index is 0.155. The van der Waals surface area contributed by atoms with Crippen LogP contribution < -0.4 is 0 Å². The van der Waals surface area contributed by atoms with Gasteiger partial charge in [0.15, 0.2) is 0 Å². The molecular weight excluding hydrogens is 216 g/mol. The zero-order chi connectivity index (χ0) is 12.3. The molecule has 0 bridgehead atoms. The van der Waals surface area contributed by atoms with E-state index in [9.17, 15) is 4.79 Å². The molecule has 2 aromatic rings. The molecule has 4 nitrogen and oxygen atoms in total. The SMILES string of the molecule is N#Cc1ccccc1-c1cc(C(=O)O)ccn1. The second-order valence-electron chi connectivity index (χ2n) is 3.39. The Morgan fingerprint density at radius 2 is 2.06 bits per heavy atom. The van der Waals surface area contributed by atoms with Gasteiger partial charge in [0.25, 0.3) is 0 Å². The van der Waals surface area contributed by atoms with Crippen molar-refractivity contribution < 1.29 is 9.90 Å². The van der Waals surface area contributed by atoms with Crippen LogP contribution >= 0.6 is 0 Å². The fourth-order valence-corrected chi connectivity index (χ4v) is 1.51. The number of aromatic carboxylic acids is 1. The third-order valence-electron chi connectivity index (χ3n) is 2.33. The van der Waals surface area contributed by atoms with E-state index in [1.165, 1.54) is 18.3 Å². The van der Waals surface area contributed by atoms with Crippen LogP contribution in [0.15, 0.2) is 42.6 Å². The van der Waals surface area contributed by atoms with Gasteiger partial charge in [-0.25, -0.2) is 4.79 Å². The number of aromatic nitrogens is 1. The number of carboxylic acids is 1. The minimum atomic E-state index is -1.01. The highest BCUT2D eigenvalue weighted by atomic mass is 16.4. The van der Waals surface area contributed by atoms with Crippen LogP contribution in [0.5, 0.6) is 0 Å². The summed E-state index contributed by atoms with van der Waals surface area (Å²) in [5.41, 5.74) is 1.76. The van der Waals surface area contributed by atoms with Gasteiger partial charge in [-0.3, -0.25) is 4.98 Å². The van der Waals surface area contributed by atoms with E-state index in [0.29, 0.717) is 16.8 Å². The lowest BCUT2D eigenvalue weighted by Crippen LogP contribution is -1.97. The molecule has 0 radical (unpaired) electrons. The number of hydrogen-bond donors (Lipinski definition) is 1. The van der Waals surface area contributed by atoms with Crippen LogP contribution in [0.25, 0.3) is 11.3 Å². The highest BCUT2D eigenvalue weighted by molar-refractivity contribution is 5.89. The molecule has 0 atom stereocenters. The Morgan fingerprint density at radius 3 is 2.76 bits per heavy atom. The summed E-state index contributed by atoms with van der Waals surface area (Å²) in [4.78, 5) is 14.9. The van der Waals surface area contributed by atoms with Crippen molar-refractivity contribution in [2.45, 2.75) is 0 Å². The predicted molar refractivity (Wildman–Crippen MR) is 61.3 cm³/mol. The summed E-state index contributed by atoms with van der Waals surface area (Å²) < 4.78 is 0. The van der Waals surface area contributed by atoms with Crippen LogP contribution in [-0.2, 0) is 0 Å². The Hall–Kier alpha value is -2.67. The largest absolute Gasteiger partial charge is 0.478 e. The molecule has 0 aliphatic rings. The van der Waals surface area contributed by atoms with E-state index >= 15 is 0 Å². The van der Waals surface area contributed by atoms with Crippen LogP contribution in [-0.4, -0.2) is 16.1 Å². The topological polar surface area (TPSA) is 74.0 Å². The average molecular weight is 224 g/mol. The first-order valence-corrected chi connectivity index (χ1v) is 4.91. The molecule has 0 saturated heterocycles. The van der Waals surface area contributed by atoms with E-state index in [4.69, 9.17) is 10.4 Å². The van der Waals surface area contributed by atoms with E-state index in [2.05, 4.69) is 11.1 Å². The van der Waals surface area contributed by atoms with Crippen molar-refractivity contribution in [2.24, 2.45) is 0 Å². The second kappa shape index (κ2) is 4.45. The normalized spacial score (nSPS) is 9.59. The van der Waals surface area contributed by atoms with Crippen molar-refractivity contribution in [2.75, 3.05) is 0 Å². The molecular formula is C13H8N2O2. The van der Waals surface area contributed by atoms with Gasteiger partial charge in [-0.2, -0.15) is 5.26 Å². The zero-order valence-electron chi connectivity index (χ0n) is 8.79. The molecule has 1 heterocycles. The van der Waals surface area contributed by atoms with Gasteiger partial charge in [0.05, 0.1) is 22.9 Å². The number of nitriles is 1. The summed E-state index contributed by atoms with van der Waals surface area (Å²) in [5.74, 6) is -1.01. The van der Waals surface area contributed by atoms with Crippen molar-refractivity contribution in [3.8, 4) is 17.3 Å². The summed E-state index contributed by atoms with van der Waals surface area (Å²) in [5, 5.41) is 17.9. The molecule has 0 fully saturated rings. The molecule has 82 valence electrons. The summed E-state index contributed by atoms with van der Waals surface area (Å²) in [6, 6.07) is 11.9. The number of rotatable bonds is 2. The Balaban J connectivity index is 2.57. The smallest absolute Gasteiger partial charge is 0.335 e. The lowest BCUT2D eigenvalue weighted by atomic mass is 10.0. The highest BCUT2D eigenvalue weighted by Crippen LogP contribution is 2.21. The maximum atomic E-state index is 10.8. The van der Waals surface area contributed by atoms with Crippen LogP contribution in [0.1, 0.15) is 15.9 Å². The summed E-state index contributed by atoms with van der Waals surface area (Å²) in [6.45, 7) is 0. The maximum Gasteiger partial charge on any atom is 0.335 e. The van der Waals surface area contributed by atoms with Gasteiger partial charge in [-0.1, -0.05) is 18.2 Å². The number of pyridine rings is 1. The molecule has 0 saturated carbocycles. The van der Waals surface area contributed by atoms with E-state index in [1.54, 1.807) is 24.3 Å². The standard InChI is InChI=1S/C13H8N2O2/c14-8-10-3-1-2-4-11(10)12-7-9(13(16)17)5-6-15-12/h1-7H,(H,16,17). The fraction of sp³-hybridized carbons (Fsp3) is 0. The summed E-state index contributed by atoms with van der Waals surface area (Å²) in [6.07, 6.45) is 1.42. The second-order valence-corrected chi connectivity index (χ2v) is 3.39. The fourth-order valence-electron chi connectivity index (χ4n) is 1.51. The Labute approximate surface area is 97.8 Å². The van der Waals surface area contributed by atoms with Crippen LogP contribution in [0.4, 0.5) is 0 Å². The molecule has 0 aliphatic carbocycles. The van der Waals surface area contributed by atoms with Crippen molar-refractivity contribution in [3.63, 3.8) is 0 Å². The summed E-state index contributed by atoms with van der Waals surface area (Å²) in [7, 11) is 0. The molecule has 1 N–H and O–H groups in total. The first-order chi connectivity index (χ1) is 8.22. The van der Waals surface area contributed by atoms with Gasteiger partial charge in [0.1, 0.15) is 0 Å². The van der Waals surface area contributed by atoms with E-state index < -0.39 is 5.97 Å². The number of benzene rings is 1. The van der Waals surface area contributed by atoms with Crippen LogP contribution in [0.3, 0.4) is 0 Å². The van der Waals surface area contributed by atoms with E-state index in [0.717, 1.165) is 0 Å². The average Bonchev–Trinajstić information content (AvgIpc) is 2.39. The minimum Gasteiger partial charge on any atom is -0.478 e. The van der Waals surface area contributed by atoms with Crippen molar-refractivity contribution in [3.05, 3.63) is 53.7 Å². The highest BCUT2D eigenvalue weighted by Gasteiger charge is 2.08. The van der Waals surface area contributed by atoms with Gasteiger partial charge < -0.3 is 5.11 Å². The Bertz CT molecular complexity index is 615. The molecule has 0 unspecified atom stereocenters. The first-order valence-electron chi connectivity index (χ1n) is 4.91. The number of carboxylic acid groups (broad SMARTS) is 1. The van der Waals surface area contributed by atoms with Gasteiger partial charge >= 0.3 is 5.97 Å². The first kappa shape index (κ1) is 10.8. The molecule has 0 amide bonds. The molecule has 2 rings (SSSR count). The molecule has 17 heavy (non-hydrogen) atoms. The van der Waals surface area contributed by atoms with Crippen LogP contribution in [0.2, 0.25) is 0 Å². The van der Waals surface area contributed by atoms with Gasteiger partial charge in [-0.05, 0) is 18.2 Å². The van der Waals surface area contributed by atoms with Gasteiger partial charge in [-0.15, -0.1) is 0 Å². The third-order valence-corrected chi connectivity index (χ3v) is 2.33. The van der Waals surface area contributed by atoms with Crippen LogP contribution in [0, 0.1) is 11.3 Å².